The van der Waals surface area contributed by atoms with Gasteiger partial charge in [-0.3, -0.25) is 0 Å². The van der Waals surface area contributed by atoms with Crippen LogP contribution in [0.1, 0.15) is 12.5 Å². The van der Waals surface area contributed by atoms with E-state index in [4.69, 9.17) is 5.73 Å². The van der Waals surface area contributed by atoms with Gasteiger partial charge < -0.3 is 5.73 Å². The third-order valence-corrected chi connectivity index (χ3v) is 2.42. The number of hydrogen-bond acceptors (Lipinski definition) is 3. The summed E-state index contributed by atoms with van der Waals surface area (Å²) in [6.07, 6.45) is 0.753. The number of anilines is 1. The Morgan fingerprint density at radius 2 is 2.08 bits per heavy atom. The van der Waals surface area contributed by atoms with Gasteiger partial charge in [-0.25, -0.2) is 8.42 Å². The lowest BCUT2D eigenvalue weighted by molar-refractivity contribution is 0.614. The zero-order chi connectivity index (χ0) is 9.14. The van der Waals surface area contributed by atoms with Crippen molar-refractivity contribution >= 4 is 16.4 Å². The lowest BCUT2D eigenvalue weighted by Crippen LogP contribution is -1.93. The van der Waals surface area contributed by atoms with Crippen molar-refractivity contribution in [2.45, 2.75) is 18.2 Å². The first-order valence-corrected chi connectivity index (χ1v) is 4.85. The van der Waals surface area contributed by atoms with Crippen molar-refractivity contribution in [1.82, 2.24) is 0 Å². The first kappa shape index (κ1) is 9.06. The lowest BCUT2D eigenvalue weighted by Gasteiger charge is -2.01. The van der Waals surface area contributed by atoms with Gasteiger partial charge in [0.2, 0.25) is 0 Å². The van der Waals surface area contributed by atoms with Crippen LogP contribution in [0.3, 0.4) is 0 Å². The first-order valence-electron chi connectivity index (χ1n) is 3.68. The minimum absolute atomic E-state index is 0.330. The molecule has 0 fully saturated rings. The van der Waals surface area contributed by atoms with Crippen LogP contribution in [0.5, 0.6) is 0 Å². The van der Waals surface area contributed by atoms with Crippen molar-refractivity contribution in [3.63, 3.8) is 0 Å². The highest BCUT2D eigenvalue weighted by atomic mass is 32.2. The quantitative estimate of drug-likeness (QED) is 0.529. The van der Waals surface area contributed by atoms with Gasteiger partial charge in [-0.15, -0.1) is 0 Å². The molecule has 4 heteroatoms. The summed E-state index contributed by atoms with van der Waals surface area (Å²) in [5.41, 5.74) is 7.14. The number of hydrogen-bond donors (Lipinski definition) is 2. The summed E-state index contributed by atoms with van der Waals surface area (Å²) < 4.78 is 21.2. The van der Waals surface area contributed by atoms with E-state index in [0.717, 1.165) is 12.0 Å². The van der Waals surface area contributed by atoms with E-state index in [1.807, 2.05) is 6.92 Å². The summed E-state index contributed by atoms with van der Waals surface area (Å²) in [6.45, 7) is 1.94. The number of nitrogens with two attached hydrogens (primary N) is 1. The van der Waals surface area contributed by atoms with E-state index in [-0.39, 0.29) is 0 Å². The summed E-state index contributed by atoms with van der Waals surface area (Å²) in [7, 11) is -2.49. The zero-order valence-corrected chi connectivity index (χ0v) is 7.67. The molecule has 0 aliphatic heterocycles. The summed E-state index contributed by atoms with van der Waals surface area (Å²) >= 11 is 0. The van der Waals surface area contributed by atoms with Gasteiger partial charge in [0.25, 0.3) is 0 Å². The minimum Gasteiger partial charge on any atom is -0.399 e. The Kier molecular flexibility index (Phi) is 2.70. The molecule has 0 aliphatic rings. The molecule has 2 N–H and O–H groups in total. The predicted molar refractivity (Wildman–Crippen MR) is 48.8 cm³/mol. The number of aryl methyl sites for hydroxylation is 1. The molecule has 0 saturated heterocycles. The predicted octanol–water partition coefficient (Wildman–Crippen LogP) is 0.802. The fourth-order valence-electron chi connectivity index (χ4n) is 1.01. The van der Waals surface area contributed by atoms with Crippen LogP contribution in [-0.4, -0.2) is 8.42 Å². The second-order valence-electron chi connectivity index (χ2n) is 2.49. The van der Waals surface area contributed by atoms with Crippen LogP contribution in [0.4, 0.5) is 5.69 Å². The Morgan fingerprint density at radius 3 is 2.58 bits per heavy atom. The third-order valence-electron chi connectivity index (χ3n) is 1.72. The summed E-state index contributed by atoms with van der Waals surface area (Å²) in [5, 5.41) is 0. The van der Waals surface area contributed by atoms with E-state index < -0.39 is 10.7 Å². The molecule has 0 heterocycles. The highest BCUT2D eigenvalue weighted by Gasteiger charge is 1.99. The number of thiol groups is 1. The smallest absolute Gasteiger partial charge is 0.168 e. The molecular weight excluding hydrogens is 174 g/mol. The molecule has 0 bridgehead atoms. The normalized spacial score (nSPS) is 10.5. The Bertz CT molecular complexity index is 350. The Labute approximate surface area is 73.2 Å². The second kappa shape index (κ2) is 3.58. The maximum Gasteiger partial charge on any atom is 0.168 e. The molecule has 0 unspecified atom stereocenters. The highest BCUT2D eigenvalue weighted by Crippen LogP contribution is 2.15. The second-order valence-corrected chi connectivity index (χ2v) is 3.52. The molecule has 3 nitrogen and oxygen atoms in total. The Hall–Kier alpha value is -1.03. The molecule has 0 aromatic heterocycles. The zero-order valence-electron chi connectivity index (χ0n) is 6.78. The van der Waals surface area contributed by atoms with Crippen LogP contribution in [-0.2, 0) is 17.1 Å². The molecule has 0 atom stereocenters. The molecule has 1 aromatic carbocycles. The highest BCUT2D eigenvalue weighted by molar-refractivity contribution is 7.72. The van der Waals surface area contributed by atoms with Crippen molar-refractivity contribution in [1.29, 1.82) is 0 Å². The van der Waals surface area contributed by atoms with Crippen molar-refractivity contribution in [3.8, 4) is 0 Å². The van der Waals surface area contributed by atoms with Gasteiger partial charge in [-0.1, -0.05) is 6.92 Å². The van der Waals surface area contributed by atoms with Crippen LogP contribution in [0.25, 0.3) is 0 Å². The number of nitrogen functional groups attached to an aromatic ring is 1. The van der Waals surface area contributed by atoms with E-state index in [1.165, 1.54) is 6.07 Å². The van der Waals surface area contributed by atoms with Crippen molar-refractivity contribution < 1.29 is 8.42 Å². The van der Waals surface area contributed by atoms with Crippen LogP contribution in [0.2, 0.25) is 0 Å². The SMILES string of the molecule is CCc1cc([SH](=O)=O)ccc1N. The average Bonchev–Trinajstić information content (AvgIpc) is 2.05. The average molecular weight is 185 g/mol. The molecule has 12 heavy (non-hydrogen) atoms. The molecule has 0 spiro atoms. The largest absolute Gasteiger partial charge is 0.399 e. The molecule has 0 aliphatic carbocycles. The van der Waals surface area contributed by atoms with E-state index in [2.05, 4.69) is 0 Å². The summed E-state index contributed by atoms with van der Waals surface area (Å²) in [5.74, 6) is 0. The van der Waals surface area contributed by atoms with Crippen LogP contribution >= 0.6 is 0 Å². The van der Waals surface area contributed by atoms with Crippen LogP contribution in [0.15, 0.2) is 23.1 Å². The monoisotopic (exact) mass is 185 g/mol. The molecule has 1 aromatic rings. The molecule has 0 saturated carbocycles. The molecule has 66 valence electrons. The maximum absolute atomic E-state index is 10.6. The fourth-order valence-corrected chi connectivity index (χ4v) is 1.47. The van der Waals surface area contributed by atoms with E-state index in [9.17, 15) is 8.42 Å². The molecule has 0 radical (unpaired) electrons. The van der Waals surface area contributed by atoms with Crippen LogP contribution < -0.4 is 5.73 Å². The summed E-state index contributed by atoms with van der Waals surface area (Å²) in [4.78, 5) is 0.330. The van der Waals surface area contributed by atoms with Gasteiger partial charge in [0.1, 0.15) is 0 Å². The van der Waals surface area contributed by atoms with E-state index >= 15 is 0 Å². The van der Waals surface area contributed by atoms with Gasteiger partial charge in [0.05, 0.1) is 4.90 Å². The fraction of sp³-hybridized carbons (Fsp3) is 0.250. The standard InChI is InChI=1S/C8H11NO2S/c1-2-6-5-7(12(10)11)3-4-8(6)9/h3-5,12H,2,9H2,1H3. The topological polar surface area (TPSA) is 60.2 Å². The molecule has 0 amide bonds. The van der Waals surface area contributed by atoms with Crippen molar-refractivity contribution in [2.75, 3.05) is 5.73 Å². The third kappa shape index (κ3) is 1.76. The minimum atomic E-state index is -2.49. The molecular formula is C8H11NO2S. The van der Waals surface area contributed by atoms with Gasteiger partial charge in [-0.05, 0) is 30.2 Å². The van der Waals surface area contributed by atoms with Gasteiger partial charge in [0, 0.05) is 5.69 Å². The maximum atomic E-state index is 10.6. The van der Waals surface area contributed by atoms with Gasteiger partial charge in [-0.2, -0.15) is 0 Å². The Morgan fingerprint density at radius 1 is 1.42 bits per heavy atom. The van der Waals surface area contributed by atoms with Crippen LogP contribution in [0, 0.1) is 0 Å². The number of benzene rings is 1. The van der Waals surface area contributed by atoms with Crippen molar-refractivity contribution in [3.05, 3.63) is 23.8 Å². The van der Waals surface area contributed by atoms with E-state index in [1.54, 1.807) is 12.1 Å². The number of rotatable bonds is 2. The Balaban J connectivity index is 3.22. The molecule has 1 rings (SSSR count). The lowest BCUT2D eigenvalue weighted by atomic mass is 10.1. The first-order chi connectivity index (χ1) is 5.65. The van der Waals surface area contributed by atoms with Gasteiger partial charge >= 0.3 is 0 Å². The van der Waals surface area contributed by atoms with Gasteiger partial charge in [0.15, 0.2) is 10.7 Å². The van der Waals surface area contributed by atoms with E-state index in [0.29, 0.717) is 10.6 Å². The summed E-state index contributed by atoms with van der Waals surface area (Å²) in [6, 6.07) is 4.75. The van der Waals surface area contributed by atoms with Crippen molar-refractivity contribution in [2.24, 2.45) is 0 Å².